The van der Waals surface area contributed by atoms with Crippen LogP contribution in [0.25, 0.3) is 22.2 Å². The predicted molar refractivity (Wildman–Crippen MR) is 136 cm³/mol. The molecule has 4 aromatic rings. The quantitative estimate of drug-likeness (QED) is 0.312. The summed E-state index contributed by atoms with van der Waals surface area (Å²) in [6.45, 7) is 8.45. The fourth-order valence-electron chi connectivity index (χ4n) is 4.08. The van der Waals surface area contributed by atoms with Crippen molar-refractivity contribution < 1.29 is 14.6 Å². The van der Waals surface area contributed by atoms with E-state index in [1.54, 1.807) is 18.2 Å². The van der Waals surface area contributed by atoms with Crippen LogP contribution in [0.1, 0.15) is 62.3 Å². The summed E-state index contributed by atoms with van der Waals surface area (Å²) in [7, 11) is 0. The van der Waals surface area contributed by atoms with Gasteiger partial charge in [0.1, 0.15) is 17.2 Å². The number of phenols is 1. The molecule has 0 fully saturated rings. The van der Waals surface area contributed by atoms with Crippen LogP contribution in [-0.2, 0) is 17.7 Å². The Labute approximate surface area is 201 Å². The van der Waals surface area contributed by atoms with E-state index in [1.807, 2.05) is 57.2 Å². The van der Waals surface area contributed by atoms with Crippen molar-refractivity contribution in [3.63, 3.8) is 0 Å². The van der Waals surface area contributed by atoms with E-state index in [2.05, 4.69) is 23.6 Å². The van der Waals surface area contributed by atoms with Crippen LogP contribution in [0.2, 0.25) is 0 Å². The standard InChI is InChI=1S/C29H32N2O3/c1-5-6-11-27-30-25-17-16-22(32)18-26(25)31(27)19-20-12-14-21(15-13-20)23-9-7-8-10-24(23)28(33)34-29(2,3)4/h7-10,12-18,32H,5-6,11,19H2,1-4H3. The highest BCUT2D eigenvalue weighted by molar-refractivity contribution is 5.97. The SMILES string of the molecule is CCCCc1nc2ccc(O)cc2n1Cc1ccc(-c2ccccc2C(=O)OC(C)(C)C)cc1. The van der Waals surface area contributed by atoms with Gasteiger partial charge in [-0.25, -0.2) is 9.78 Å². The summed E-state index contributed by atoms with van der Waals surface area (Å²) in [6, 6.07) is 21.1. The number of phenolic OH excluding ortho intramolecular Hbond substituents is 1. The van der Waals surface area contributed by atoms with Crippen molar-refractivity contribution in [2.24, 2.45) is 0 Å². The number of benzene rings is 3. The number of aryl methyl sites for hydroxylation is 1. The average molecular weight is 457 g/mol. The molecular weight excluding hydrogens is 424 g/mol. The number of aromatic hydroxyl groups is 1. The van der Waals surface area contributed by atoms with E-state index < -0.39 is 5.60 Å². The van der Waals surface area contributed by atoms with Gasteiger partial charge < -0.3 is 14.4 Å². The third-order valence-electron chi connectivity index (χ3n) is 5.72. The molecule has 1 aromatic heterocycles. The molecule has 0 amide bonds. The molecule has 0 saturated carbocycles. The van der Waals surface area contributed by atoms with Crippen LogP contribution in [-0.4, -0.2) is 26.2 Å². The van der Waals surface area contributed by atoms with Crippen LogP contribution in [0.3, 0.4) is 0 Å². The van der Waals surface area contributed by atoms with Gasteiger partial charge in [-0.3, -0.25) is 0 Å². The minimum atomic E-state index is -0.550. The molecule has 176 valence electrons. The number of esters is 1. The summed E-state index contributed by atoms with van der Waals surface area (Å²) < 4.78 is 7.79. The van der Waals surface area contributed by atoms with E-state index in [0.29, 0.717) is 12.1 Å². The van der Waals surface area contributed by atoms with Crippen LogP contribution in [0, 0.1) is 0 Å². The Morgan fingerprint density at radius 1 is 1.03 bits per heavy atom. The molecule has 5 nitrogen and oxygen atoms in total. The third-order valence-corrected chi connectivity index (χ3v) is 5.72. The second-order valence-electron chi connectivity index (χ2n) is 9.64. The highest BCUT2D eigenvalue weighted by Crippen LogP contribution is 2.28. The first-order chi connectivity index (χ1) is 16.2. The van der Waals surface area contributed by atoms with E-state index in [1.165, 1.54) is 0 Å². The second kappa shape index (κ2) is 9.72. The lowest BCUT2D eigenvalue weighted by Crippen LogP contribution is -2.24. The minimum absolute atomic E-state index is 0.241. The predicted octanol–water partition coefficient (Wildman–Crippen LogP) is 6.76. The summed E-state index contributed by atoms with van der Waals surface area (Å²) in [5.41, 5.74) is 4.78. The summed E-state index contributed by atoms with van der Waals surface area (Å²) in [4.78, 5) is 17.6. The first-order valence-corrected chi connectivity index (χ1v) is 11.8. The Kier molecular flexibility index (Phi) is 6.73. The minimum Gasteiger partial charge on any atom is -0.508 e. The highest BCUT2D eigenvalue weighted by Gasteiger charge is 2.20. The highest BCUT2D eigenvalue weighted by atomic mass is 16.6. The Hall–Kier alpha value is -3.60. The van der Waals surface area contributed by atoms with Crippen molar-refractivity contribution >= 4 is 17.0 Å². The maximum Gasteiger partial charge on any atom is 0.339 e. The van der Waals surface area contributed by atoms with E-state index in [9.17, 15) is 9.90 Å². The van der Waals surface area contributed by atoms with Crippen LogP contribution < -0.4 is 0 Å². The van der Waals surface area contributed by atoms with Crippen LogP contribution >= 0.6 is 0 Å². The van der Waals surface area contributed by atoms with Gasteiger partial charge >= 0.3 is 5.97 Å². The molecule has 0 aliphatic carbocycles. The van der Waals surface area contributed by atoms with Gasteiger partial charge in [-0.1, -0.05) is 55.8 Å². The maximum atomic E-state index is 12.8. The zero-order valence-electron chi connectivity index (χ0n) is 20.3. The van der Waals surface area contributed by atoms with Gasteiger partial charge in [0, 0.05) is 19.0 Å². The lowest BCUT2D eigenvalue weighted by molar-refractivity contribution is 0.00704. The number of imidazole rings is 1. The molecule has 34 heavy (non-hydrogen) atoms. The number of unbranched alkanes of at least 4 members (excludes halogenated alkanes) is 1. The zero-order valence-corrected chi connectivity index (χ0v) is 20.3. The molecule has 0 aliphatic heterocycles. The van der Waals surface area contributed by atoms with Gasteiger partial charge in [0.15, 0.2) is 0 Å². The number of rotatable bonds is 7. The summed E-state index contributed by atoms with van der Waals surface area (Å²) in [6.07, 6.45) is 3.06. The number of ether oxygens (including phenoxy) is 1. The van der Waals surface area contributed by atoms with E-state index >= 15 is 0 Å². The fourth-order valence-corrected chi connectivity index (χ4v) is 4.08. The van der Waals surface area contributed by atoms with Crippen molar-refractivity contribution in [3.05, 3.63) is 83.7 Å². The van der Waals surface area contributed by atoms with Crippen molar-refractivity contribution in [2.45, 2.75) is 59.1 Å². The molecule has 3 aromatic carbocycles. The molecule has 1 heterocycles. The zero-order chi connectivity index (χ0) is 24.3. The molecule has 0 saturated heterocycles. The largest absolute Gasteiger partial charge is 0.508 e. The third kappa shape index (κ3) is 5.30. The lowest BCUT2D eigenvalue weighted by atomic mass is 9.98. The topological polar surface area (TPSA) is 64.4 Å². The molecule has 0 unspecified atom stereocenters. The molecular formula is C29H32N2O3. The second-order valence-corrected chi connectivity index (χ2v) is 9.64. The molecule has 0 bridgehead atoms. The van der Waals surface area contributed by atoms with Gasteiger partial charge in [-0.2, -0.15) is 0 Å². The number of carbonyl (C=O) groups is 1. The van der Waals surface area contributed by atoms with Crippen LogP contribution in [0.5, 0.6) is 5.75 Å². The first kappa shape index (κ1) is 23.6. The number of nitrogens with zero attached hydrogens (tertiary/aromatic N) is 2. The molecule has 0 spiro atoms. The molecule has 1 N–H and O–H groups in total. The van der Waals surface area contributed by atoms with Gasteiger partial charge in [-0.15, -0.1) is 0 Å². The fraction of sp³-hybridized carbons (Fsp3) is 0.310. The summed E-state index contributed by atoms with van der Waals surface area (Å²) in [5.74, 6) is 0.948. The van der Waals surface area contributed by atoms with Crippen molar-refractivity contribution in [3.8, 4) is 16.9 Å². The Balaban J connectivity index is 1.64. The van der Waals surface area contributed by atoms with Gasteiger partial charge in [-0.05, 0) is 62.1 Å². The number of aromatic nitrogens is 2. The average Bonchev–Trinajstić information content (AvgIpc) is 3.13. The maximum absolute atomic E-state index is 12.8. The molecule has 0 radical (unpaired) electrons. The Bertz CT molecular complexity index is 1300. The summed E-state index contributed by atoms with van der Waals surface area (Å²) in [5, 5.41) is 10.0. The van der Waals surface area contributed by atoms with Crippen LogP contribution in [0.15, 0.2) is 66.7 Å². The lowest BCUT2D eigenvalue weighted by Gasteiger charge is -2.20. The van der Waals surface area contributed by atoms with E-state index in [4.69, 9.17) is 9.72 Å². The Morgan fingerprint density at radius 3 is 2.47 bits per heavy atom. The monoisotopic (exact) mass is 456 g/mol. The van der Waals surface area contributed by atoms with Crippen LogP contribution in [0.4, 0.5) is 0 Å². The summed E-state index contributed by atoms with van der Waals surface area (Å²) >= 11 is 0. The van der Waals surface area contributed by atoms with Gasteiger partial charge in [0.05, 0.1) is 16.6 Å². The first-order valence-electron chi connectivity index (χ1n) is 11.8. The molecule has 4 rings (SSSR count). The Morgan fingerprint density at radius 2 is 1.76 bits per heavy atom. The van der Waals surface area contributed by atoms with Crippen molar-refractivity contribution in [2.75, 3.05) is 0 Å². The number of hydrogen-bond acceptors (Lipinski definition) is 4. The molecule has 5 heteroatoms. The molecule has 0 atom stereocenters. The molecule has 0 aliphatic rings. The number of hydrogen-bond donors (Lipinski definition) is 1. The van der Waals surface area contributed by atoms with Crippen molar-refractivity contribution in [1.82, 2.24) is 9.55 Å². The van der Waals surface area contributed by atoms with Gasteiger partial charge in [0.2, 0.25) is 0 Å². The van der Waals surface area contributed by atoms with E-state index in [0.717, 1.165) is 52.8 Å². The van der Waals surface area contributed by atoms with E-state index in [-0.39, 0.29) is 11.7 Å². The van der Waals surface area contributed by atoms with Gasteiger partial charge in [0.25, 0.3) is 0 Å². The number of carbonyl (C=O) groups excluding carboxylic acids is 1. The normalized spacial score (nSPS) is 11.6. The van der Waals surface area contributed by atoms with Crippen molar-refractivity contribution in [1.29, 1.82) is 0 Å². The number of fused-ring (bicyclic) bond motifs is 1. The smallest absolute Gasteiger partial charge is 0.339 e.